The van der Waals surface area contributed by atoms with Gasteiger partial charge in [-0.3, -0.25) is 9.59 Å². The molecule has 0 saturated carbocycles. The molecular weight excluding hydrogens is 226 g/mol. The number of thiophene rings is 1. The minimum Gasteiger partial charge on any atom is -0.481 e. The molecule has 1 fully saturated rings. The molecule has 1 N–H and O–H groups in total. The Morgan fingerprint density at radius 1 is 1.69 bits per heavy atom. The van der Waals surface area contributed by atoms with Crippen LogP contribution in [-0.4, -0.2) is 28.9 Å². The zero-order chi connectivity index (χ0) is 11.7. The van der Waals surface area contributed by atoms with Crippen molar-refractivity contribution in [3.8, 4) is 0 Å². The minimum atomic E-state index is -0.838. The lowest BCUT2D eigenvalue weighted by atomic mass is 9.95. The molecule has 0 bridgehead atoms. The SMILES string of the molecule is CN1C(=O)C[C@H](CC(=O)O)[C@H]1c1cccs1. The molecule has 4 nitrogen and oxygen atoms in total. The van der Waals surface area contributed by atoms with Crippen LogP contribution in [0.15, 0.2) is 17.5 Å². The molecule has 0 aliphatic carbocycles. The summed E-state index contributed by atoms with van der Waals surface area (Å²) in [6.07, 6.45) is 0.393. The predicted octanol–water partition coefficient (Wildman–Crippen LogP) is 1.74. The molecule has 86 valence electrons. The molecule has 1 aliphatic heterocycles. The molecule has 0 spiro atoms. The Hall–Kier alpha value is -1.36. The highest BCUT2D eigenvalue weighted by molar-refractivity contribution is 7.10. The van der Waals surface area contributed by atoms with Crippen LogP contribution in [-0.2, 0) is 9.59 Å². The standard InChI is InChI=1S/C11H13NO3S/c1-12-9(13)5-7(6-10(14)15)11(12)8-3-2-4-16-8/h2-4,7,11H,5-6H2,1H3,(H,14,15)/t7-,11+/m1/s1. The topological polar surface area (TPSA) is 57.6 Å². The van der Waals surface area contributed by atoms with Crippen molar-refractivity contribution >= 4 is 23.2 Å². The lowest BCUT2D eigenvalue weighted by Gasteiger charge is -2.22. The third-order valence-electron chi connectivity index (χ3n) is 2.97. The van der Waals surface area contributed by atoms with E-state index in [-0.39, 0.29) is 24.3 Å². The Balaban J connectivity index is 2.24. The molecule has 1 amide bonds. The van der Waals surface area contributed by atoms with Gasteiger partial charge in [-0.05, 0) is 11.4 Å². The lowest BCUT2D eigenvalue weighted by molar-refractivity contribution is -0.138. The third-order valence-corrected chi connectivity index (χ3v) is 3.91. The number of rotatable bonds is 3. The van der Waals surface area contributed by atoms with Crippen molar-refractivity contribution in [1.82, 2.24) is 4.90 Å². The first-order valence-corrected chi connectivity index (χ1v) is 5.98. The summed E-state index contributed by atoms with van der Waals surface area (Å²) in [7, 11) is 1.74. The fourth-order valence-corrected chi connectivity index (χ4v) is 3.20. The summed E-state index contributed by atoms with van der Waals surface area (Å²) in [5.74, 6) is -0.909. The molecule has 1 aliphatic rings. The summed E-state index contributed by atoms with van der Waals surface area (Å²) in [5.41, 5.74) is 0. The summed E-state index contributed by atoms with van der Waals surface area (Å²) in [6.45, 7) is 0. The molecule has 1 saturated heterocycles. The number of amides is 1. The van der Waals surface area contributed by atoms with Crippen molar-refractivity contribution in [2.24, 2.45) is 5.92 Å². The van der Waals surface area contributed by atoms with Gasteiger partial charge in [-0.25, -0.2) is 0 Å². The maximum absolute atomic E-state index is 11.6. The van der Waals surface area contributed by atoms with Crippen molar-refractivity contribution in [1.29, 1.82) is 0 Å². The molecule has 1 aromatic heterocycles. The molecule has 2 heterocycles. The first-order valence-electron chi connectivity index (χ1n) is 5.10. The molecule has 2 rings (SSSR count). The van der Waals surface area contributed by atoms with Crippen LogP contribution >= 0.6 is 11.3 Å². The van der Waals surface area contributed by atoms with Gasteiger partial charge in [0.05, 0.1) is 12.5 Å². The van der Waals surface area contributed by atoms with Crippen molar-refractivity contribution in [3.05, 3.63) is 22.4 Å². The molecule has 0 radical (unpaired) electrons. The van der Waals surface area contributed by atoms with Gasteiger partial charge in [0.1, 0.15) is 0 Å². The van der Waals surface area contributed by atoms with Crippen molar-refractivity contribution < 1.29 is 14.7 Å². The van der Waals surface area contributed by atoms with E-state index in [1.165, 1.54) is 0 Å². The fraction of sp³-hybridized carbons (Fsp3) is 0.455. The lowest BCUT2D eigenvalue weighted by Crippen LogP contribution is -2.24. The van der Waals surface area contributed by atoms with Crippen LogP contribution in [0.4, 0.5) is 0 Å². The van der Waals surface area contributed by atoms with Crippen molar-refractivity contribution in [2.75, 3.05) is 7.05 Å². The number of carbonyl (C=O) groups is 2. The van der Waals surface area contributed by atoms with Crippen LogP contribution < -0.4 is 0 Å². The number of carboxylic acid groups (broad SMARTS) is 1. The quantitative estimate of drug-likeness (QED) is 0.874. The maximum Gasteiger partial charge on any atom is 0.303 e. The molecule has 0 aromatic carbocycles. The van der Waals surface area contributed by atoms with E-state index >= 15 is 0 Å². The fourth-order valence-electron chi connectivity index (χ4n) is 2.24. The van der Waals surface area contributed by atoms with Crippen LogP contribution in [0.25, 0.3) is 0 Å². The van der Waals surface area contributed by atoms with Crippen LogP contribution in [0, 0.1) is 5.92 Å². The van der Waals surface area contributed by atoms with E-state index in [2.05, 4.69) is 0 Å². The zero-order valence-electron chi connectivity index (χ0n) is 8.92. The minimum absolute atomic E-state index is 0.0321. The predicted molar refractivity (Wildman–Crippen MR) is 60.2 cm³/mol. The number of likely N-dealkylation sites (tertiary alicyclic amines) is 1. The molecule has 16 heavy (non-hydrogen) atoms. The van der Waals surface area contributed by atoms with Gasteiger partial charge in [0.25, 0.3) is 0 Å². The second-order valence-electron chi connectivity index (χ2n) is 4.03. The van der Waals surface area contributed by atoms with E-state index in [9.17, 15) is 9.59 Å². The number of hydrogen-bond acceptors (Lipinski definition) is 3. The number of hydrogen-bond donors (Lipinski definition) is 1. The first kappa shape index (κ1) is 11.1. The van der Waals surface area contributed by atoms with Crippen LogP contribution in [0.2, 0.25) is 0 Å². The Morgan fingerprint density at radius 3 is 3.00 bits per heavy atom. The third kappa shape index (κ3) is 1.95. The Kier molecular flexibility index (Phi) is 2.96. The number of aliphatic carboxylic acids is 1. The van der Waals surface area contributed by atoms with Crippen molar-refractivity contribution in [3.63, 3.8) is 0 Å². The molecule has 2 atom stereocenters. The molecule has 1 aromatic rings. The maximum atomic E-state index is 11.6. The number of carboxylic acids is 1. The van der Waals surface area contributed by atoms with E-state index in [4.69, 9.17) is 5.11 Å². The van der Waals surface area contributed by atoms with Crippen LogP contribution in [0.1, 0.15) is 23.8 Å². The van der Waals surface area contributed by atoms with E-state index in [1.54, 1.807) is 23.3 Å². The molecule has 0 unspecified atom stereocenters. The number of carbonyl (C=O) groups excluding carboxylic acids is 1. The van der Waals surface area contributed by atoms with Gasteiger partial charge in [0.15, 0.2) is 0 Å². The Morgan fingerprint density at radius 2 is 2.44 bits per heavy atom. The summed E-state index contributed by atoms with van der Waals surface area (Å²) >= 11 is 1.57. The molecular formula is C11H13NO3S. The summed E-state index contributed by atoms with van der Waals surface area (Å²) in [4.78, 5) is 25.1. The summed E-state index contributed by atoms with van der Waals surface area (Å²) in [6, 6.07) is 3.82. The smallest absolute Gasteiger partial charge is 0.303 e. The van der Waals surface area contributed by atoms with Crippen molar-refractivity contribution in [2.45, 2.75) is 18.9 Å². The largest absolute Gasteiger partial charge is 0.481 e. The normalized spacial score (nSPS) is 25.1. The zero-order valence-corrected chi connectivity index (χ0v) is 9.74. The van der Waals surface area contributed by atoms with E-state index < -0.39 is 5.97 Å². The van der Waals surface area contributed by atoms with Crippen LogP contribution in [0.3, 0.4) is 0 Å². The van der Waals surface area contributed by atoms with Gasteiger partial charge in [-0.1, -0.05) is 6.07 Å². The summed E-state index contributed by atoms with van der Waals surface area (Å²) in [5, 5.41) is 10.8. The van der Waals surface area contributed by atoms with E-state index in [0.717, 1.165) is 4.88 Å². The van der Waals surface area contributed by atoms with Gasteiger partial charge in [-0.15, -0.1) is 11.3 Å². The molecule has 5 heteroatoms. The van der Waals surface area contributed by atoms with Gasteiger partial charge in [0, 0.05) is 24.3 Å². The Bertz CT molecular complexity index is 399. The highest BCUT2D eigenvalue weighted by Crippen LogP contribution is 2.40. The highest BCUT2D eigenvalue weighted by Gasteiger charge is 2.39. The average molecular weight is 239 g/mol. The van der Waals surface area contributed by atoms with Crippen LogP contribution in [0.5, 0.6) is 0 Å². The second kappa shape index (κ2) is 4.25. The first-order chi connectivity index (χ1) is 7.59. The highest BCUT2D eigenvalue weighted by atomic mass is 32.1. The van der Waals surface area contributed by atoms with Gasteiger partial charge in [0.2, 0.25) is 5.91 Å². The Labute approximate surface area is 97.5 Å². The second-order valence-corrected chi connectivity index (χ2v) is 5.01. The average Bonchev–Trinajstić information content (AvgIpc) is 2.76. The van der Waals surface area contributed by atoms with E-state index in [1.807, 2.05) is 17.5 Å². The van der Waals surface area contributed by atoms with E-state index in [0.29, 0.717) is 6.42 Å². The monoisotopic (exact) mass is 239 g/mol. The van der Waals surface area contributed by atoms with Gasteiger partial charge >= 0.3 is 5.97 Å². The van der Waals surface area contributed by atoms with Gasteiger partial charge < -0.3 is 10.0 Å². The summed E-state index contributed by atoms with van der Waals surface area (Å²) < 4.78 is 0. The number of nitrogens with zero attached hydrogens (tertiary/aromatic N) is 1. The van der Waals surface area contributed by atoms with Gasteiger partial charge in [-0.2, -0.15) is 0 Å².